The molecule has 108 valence electrons. The van der Waals surface area contributed by atoms with Gasteiger partial charge in [0.25, 0.3) is 5.91 Å². The van der Waals surface area contributed by atoms with Crippen molar-refractivity contribution in [1.82, 2.24) is 14.7 Å². The number of hydrogen-bond donors (Lipinski definition) is 0. The summed E-state index contributed by atoms with van der Waals surface area (Å²) < 4.78 is 12.2. The lowest BCUT2D eigenvalue weighted by atomic mass is 10.2. The van der Waals surface area contributed by atoms with E-state index in [1.54, 1.807) is 33.0 Å². The number of hydrogen-bond acceptors (Lipinski definition) is 4. The number of methoxy groups -OCH3 is 2. The van der Waals surface area contributed by atoms with Crippen LogP contribution in [0.4, 0.5) is 0 Å². The van der Waals surface area contributed by atoms with Gasteiger partial charge in [-0.3, -0.25) is 9.48 Å². The molecule has 0 bridgehead atoms. The normalized spacial score (nSPS) is 10.6. The molecule has 0 N–H and O–H groups in total. The summed E-state index contributed by atoms with van der Waals surface area (Å²) in [4.78, 5) is 13.8. The molecule has 0 aliphatic rings. The Morgan fingerprint density at radius 2 is 2.05 bits per heavy atom. The van der Waals surface area contributed by atoms with Gasteiger partial charge in [-0.05, 0) is 6.42 Å². The van der Waals surface area contributed by atoms with Gasteiger partial charge in [0.15, 0.2) is 11.4 Å². The van der Waals surface area contributed by atoms with Gasteiger partial charge < -0.3 is 14.4 Å². The first-order chi connectivity index (χ1) is 9.06. The first kappa shape index (κ1) is 15.5. The fourth-order valence-electron chi connectivity index (χ4n) is 1.83. The van der Waals surface area contributed by atoms with E-state index in [9.17, 15) is 4.79 Å². The van der Waals surface area contributed by atoms with E-state index < -0.39 is 0 Å². The van der Waals surface area contributed by atoms with Crippen LogP contribution in [-0.2, 0) is 17.9 Å². The molecule has 19 heavy (non-hydrogen) atoms. The van der Waals surface area contributed by atoms with E-state index in [2.05, 4.69) is 12.0 Å². The third kappa shape index (κ3) is 3.47. The van der Waals surface area contributed by atoms with Gasteiger partial charge in [-0.15, -0.1) is 0 Å². The Kier molecular flexibility index (Phi) is 5.82. The zero-order valence-electron chi connectivity index (χ0n) is 12.4. The minimum Gasteiger partial charge on any atom is -0.492 e. The molecule has 0 spiro atoms. The van der Waals surface area contributed by atoms with Crippen molar-refractivity contribution < 1.29 is 14.3 Å². The minimum atomic E-state index is -0.109. The maximum atomic E-state index is 12.3. The molecule has 0 aromatic carbocycles. The van der Waals surface area contributed by atoms with Crippen molar-refractivity contribution in [2.45, 2.75) is 32.9 Å². The van der Waals surface area contributed by atoms with E-state index in [0.717, 1.165) is 12.8 Å². The number of aromatic nitrogens is 2. The highest BCUT2D eigenvalue weighted by Crippen LogP contribution is 2.25. The van der Waals surface area contributed by atoms with Crippen molar-refractivity contribution in [3.63, 3.8) is 0 Å². The number of rotatable bonds is 7. The molecule has 0 saturated heterocycles. The van der Waals surface area contributed by atoms with Crippen LogP contribution >= 0.6 is 0 Å². The molecule has 1 aromatic heterocycles. The Morgan fingerprint density at radius 1 is 1.37 bits per heavy atom. The van der Waals surface area contributed by atoms with E-state index in [1.165, 1.54) is 4.90 Å². The molecule has 1 aromatic rings. The number of carbonyl (C=O) groups is 1. The summed E-state index contributed by atoms with van der Waals surface area (Å²) in [6, 6.07) is 0. The molecule has 0 atom stereocenters. The van der Waals surface area contributed by atoms with Crippen LogP contribution in [0.3, 0.4) is 0 Å². The average Bonchev–Trinajstić information content (AvgIpc) is 2.73. The van der Waals surface area contributed by atoms with Crippen molar-refractivity contribution in [3.05, 3.63) is 11.4 Å². The second kappa shape index (κ2) is 7.13. The van der Waals surface area contributed by atoms with Crippen LogP contribution in [0.1, 0.15) is 35.9 Å². The van der Waals surface area contributed by atoms with Crippen LogP contribution in [0, 0.1) is 0 Å². The topological polar surface area (TPSA) is 56.6 Å². The number of carbonyl (C=O) groups excluding carboxylic acids is 1. The molecule has 0 unspecified atom stereocenters. The van der Waals surface area contributed by atoms with E-state index in [4.69, 9.17) is 9.47 Å². The third-order valence-electron chi connectivity index (χ3n) is 2.79. The zero-order chi connectivity index (χ0) is 14.4. The molecule has 0 saturated carbocycles. The van der Waals surface area contributed by atoms with Crippen molar-refractivity contribution >= 4 is 5.91 Å². The van der Waals surface area contributed by atoms with Gasteiger partial charge in [0.05, 0.1) is 13.7 Å². The summed E-state index contributed by atoms with van der Waals surface area (Å²) in [7, 11) is 6.58. The van der Waals surface area contributed by atoms with E-state index >= 15 is 0 Å². The van der Waals surface area contributed by atoms with Crippen molar-refractivity contribution in [1.29, 1.82) is 0 Å². The first-order valence-corrected chi connectivity index (χ1v) is 6.41. The lowest BCUT2D eigenvalue weighted by Crippen LogP contribution is -2.25. The fraction of sp³-hybridized carbons (Fsp3) is 0.692. The summed E-state index contributed by atoms with van der Waals surface area (Å²) in [5, 5.41) is 4.43. The van der Waals surface area contributed by atoms with E-state index in [1.807, 2.05) is 0 Å². The van der Waals surface area contributed by atoms with Crippen LogP contribution in [0.5, 0.6) is 5.75 Å². The number of aryl methyl sites for hydroxylation is 1. The largest absolute Gasteiger partial charge is 0.492 e. The van der Waals surface area contributed by atoms with Gasteiger partial charge in [-0.25, -0.2) is 0 Å². The van der Waals surface area contributed by atoms with Crippen LogP contribution in [0.25, 0.3) is 0 Å². The Morgan fingerprint density at radius 3 is 2.53 bits per heavy atom. The standard InChI is InChI=1S/C13H23N3O3/c1-6-7-8-16-11(13(17)15(2)3)12(19-5)10(14-16)9-18-4/h6-9H2,1-5H3. The third-order valence-corrected chi connectivity index (χ3v) is 2.79. The molecule has 0 aliphatic heterocycles. The Labute approximate surface area is 114 Å². The zero-order valence-corrected chi connectivity index (χ0v) is 12.4. The van der Waals surface area contributed by atoms with Crippen molar-refractivity contribution in [2.24, 2.45) is 0 Å². The molecule has 0 aliphatic carbocycles. The van der Waals surface area contributed by atoms with Crippen molar-refractivity contribution in [3.8, 4) is 5.75 Å². The highest BCUT2D eigenvalue weighted by atomic mass is 16.5. The highest BCUT2D eigenvalue weighted by molar-refractivity contribution is 5.95. The second-order valence-corrected chi connectivity index (χ2v) is 4.54. The fourth-order valence-corrected chi connectivity index (χ4v) is 1.83. The summed E-state index contributed by atoms with van der Waals surface area (Å²) in [5.74, 6) is 0.402. The van der Waals surface area contributed by atoms with Gasteiger partial charge in [-0.1, -0.05) is 13.3 Å². The lowest BCUT2D eigenvalue weighted by molar-refractivity contribution is 0.0811. The van der Waals surface area contributed by atoms with Gasteiger partial charge in [-0.2, -0.15) is 5.10 Å². The van der Waals surface area contributed by atoms with E-state index in [-0.39, 0.29) is 5.91 Å². The Hall–Kier alpha value is -1.56. The maximum absolute atomic E-state index is 12.3. The monoisotopic (exact) mass is 269 g/mol. The quantitative estimate of drug-likeness (QED) is 0.753. The molecule has 6 nitrogen and oxygen atoms in total. The molecular weight excluding hydrogens is 246 g/mol. The van der Waals surface area contributed by atoms with Crippen LogP contribution in [0.15, 0.2) is 0 Å². The summed E-state index contributed by atoms with van der Waals surface area (Å²) in [6.07, 6.45) is 2.00. The number of ether oxygens (including phenoxy) is 2. The second-order valence-electron chi connectivity index (χ2n) is 4.54. The molecule has 1 amide bonds. The van der Waals surface area contributed by atoms with Crippen LogP contribution in [-0.4, -0.2) is 48.9 Å². The molecule has 0 fully saturated rings. The first-order valence-electron chi connectivity index (χ1n) is 6.41. The van der Waals surface area contributed by atoms with Gasteiger partial charge in [0, 0.05) is 27.7 Å². The highest BCUT2D eigenvalue weighted by Gasteiger charge is 2.25. The predicted molar refractivity (Wildman–Crippen MR) is 72.4 cm³/mol. The summed E-state index contributed by atoms with van der Waals surface area (Å²) >= 11 is 0. The SMILES string of the molecule is CCCCn1nc(COC)c(OC)c1C(=O)N(C)C. The van der Waals surface area contributed by atoms with E-state index in [0.29, 0.717) is 30.3 Å². The Balaban J connectivity index is 3.23. The smallest absolute Gasteiger partial charge is 0.275 e. The van der Waals surface area contributed by atoms with Crippen LogP contribution < -0.4 is 4.74 Å². The average molecular weight is 269 g/mol. The molecule has 1 rings (SSSR count). The molecule has 6 heteroatoms. The van der Waals surface area contributed by atoms with Gasteiger partial charge in [0.2, 0.25) is 0 Å². The minimum absolute atomic E-state index is 0.109. The maximum Gasteiger partial charge on any atom is 0.275 e. The molecular formula is C13H23N3O3. The number of amides is 1. The lowest BCUT2D eigenvalue weighted by Gasteiger charge is -2.13. The summed E-state index contributed by atoms with van der Waals surface area (Å²) in [6.45, 7) is 3.13. The van der Waals surface area contributed by atoms with Gasteiger partial charge in [0.1, 0.15) is 5.69 Å². The Bertz CT molecular complexity index is 427. The summed E-state index contributed by atoms with van der Waals surface area (Å²) in [5.41, 5.74) is 1.15. The van der Waals surface area contributed by atoms with Crippen LogP contribution in [0.2, 0.25) is 0 Å². The number of nitrogens with zero attached hydrogens (tertiary/aromatic N) is 3. The van der Waals surface area contributed by atoms with Crippen molar-refractivity contribution in [2.75, 3.05) is 28.3 Å². The van der Waals surface area contributed by atoms with Gasteiger partial charge >= 0.3 is 0 Å². The molecule has 0 radical (unpaired) electrons. The molecule has 1 heterocycles. The number of unbranched alkanes of at least 4 members (excludes halogenated alkanes) is 1. The predicted octanol–water partition coefficient (Wildman–Crippen LogP) is 1.54.